The first-order chi connectivity index (χ1) is 10.1. The SMILES string of the molecule is N[C@@H](c1nc(-c2ccc(Cl)cn2)no1)c1ccccc1Cl. The Kier molecular flexibility index (Phi) is 3.88. The number of nitrogens with zero attached hydrogens (tertiary/aromatic N) is 3. The molecule has 0 saturated heterocycles. The number of nitrogens with two attached hydrogens (primary N) is 1. The van der Waals surface area contributed by atoms with Gasteiger partial charge in [0, 0.05) is 11.2 Å². The molecule has 3 rings (SSSR count). The van der Waals surface area contributed by atoms with Gasteiger partial charge in [0.2, 0.25) is 11.7 Å². The van der Waals surface area contributed by atoms with E-state index in [-0.39, 0.29) is 5.89 Å². The quantitative estimate of drug-likeness (QED) is 0.799. The first-order valence-corrected chi connectivity index (χ1v) is 6.86. The highest BCUT2D eigenvalue weighted by molar-refractivity contribution is 6.31. The molecule has 0 fully saturated rings. The molecule has 0 spiro atoms. The lowest BCUT2D eigenvalue weighted by Gasteiger charge is -2.08. The van der Waals surface area contributed by atoms with E-state index >= 15 is 0 Å². The molecule has 1 atom stereocenters. The van der Waals surface area contributed by atoms with Gasteiger partial charge in [-0.15, -0.1) is 0 Å². The fourth-order valence-electron chi connectivity index (χ4n) is 1.83. The summed E-state index contributed by atoms with van der Waals surface area (Å²) in [6.07, 6.45) is 1.51. The highest BCUT2D eigenvalue weighted by Gasteiger charge is 2.19. The molecule has 1 aromatic carbocycles. The highest BCUT2D eigenvalue weighted by atomic mass is 35.5. The van der Waals surface area contributed by atoms with Crippen molar-refractivity contribution in [3.63, 3.8) is 0 Å². The lowest BCUT2D eigenvalue weighted by atomic mass is 10.1. The summed E-state index contributed by atoms with van der Waals surface area (Å²) in [5, 5.41) is 4.97. The summed E-state index contributed by atoms with van der Waals surface area (Å²) in [7, 11) is 0. The molecule has 0 aliphatic carbocycles. The summed E-state index contributed by atoms with van der Waals surface area (Å²) in [4.78, 5) is 8.39. The van der Waals surface area contributed by atoms with Gasteiger partial charge in [-0.2, -0.15) is 4.98 Å². The van der Waals surface area contributed by atoms with Crippen molar-refractivity contribution in [3.8, 4) is 11.5 Å². The summed E-state index contributed by atoms with van der Waals surface area (Å²) >= 11 is 11.9. The van der Waals surface area contributed by atoms with E-state index in [0.717, 1.165) is 5.56 Å². The zero-order valence-corrected chi connectivity index (χ0v) is 12.2. The molecule has 5 nitrogen and oxygen atoms in total. The second kappa shape index (κ2) is 5.81. The first kappa shape index (κ1) is 14.0. The average molecular weight is 321 g/mol. The molecule has 2 aromatic heterocycles. The molecule has 0 aliphatic rings. The van der Waals surface area contributed by atoms with E-state index in [9.17, 15) is 0 Å². The monoisotopic (exact) mass is 320 g/mol. The number of rotatable bonds is 3. The predicted octanol–water partition coefficient (Wildman–Crippen LogP) is 3.49. The van der Waals surface area contributed by atoms with Gasteiger partial charge in [-0.1, -0.05) is 46.6 Å². The van der Waals surface area contributed by atoms with Crippen molar-refractivity contribution in [1.82, 2.24) is 15.1 Å². The molecule has 7 heteroatoms. The van der Waals surface area contributed by atoms with Gasteiger partial charge in [-0.05, 0) is 23.8 Å². The smallest absolute Gasteiger partial charge is 0.248 e. The van der Waals surface area contributed by atoms with Crippen LogP contribution in [0, 0.1) is 0 Å². The molecule has 0 aliphatic heterocycles. The minimum Gasteiger partial charge on any atom is -0.337 e. The molecule has 0 radical (unpaired) electrons. The van der Waals surface area contributed by atoms with Crippen molar-refractivity contribution in [2.45, 2.75) is 6.04 Å². The fraction of sp³-hybridized carbons (Fsp3) is 0.0714. The van der Waals surface area contributed by atoms with Crippen LogP contribution in [0.1, 0.15) is 17.5 Å². The van der Waals surface area contributed by atoms with Crippen LogP contribution in [0.5, 0.6) is 0 Å². The minimum atomic E-state index is -0.591. The largest absolute Gasteiger partial charge is 0.337 e. The van der Waals surface area contributed by atoms with Crippen LogP contribution in [-0.4, -0.2) is 15.1 Å². The van der Waals surface area contributed by atoms with Crippen molar-refractivity contribution in [3.05, 3.63) is 64.1 Å². The van der Waals surface area contributed by atoms with Crippen LogP contribution < -0.4 is 5.73 Å². The molecule has 106 valence electrons. The van der Waals surface area contributed by atoms with E-state index in [0.29, 0.717) is 21.6 Å². The van der Waals surface area contributed by atoms with E-state index in [1.165, 1.54) is 6.20 Å². The molecule has 2 heterocycles. The van der Waals surface area contributed by atoms with Crippen molar-refractivity contribution >= 4 is 23.2 Å². The Morgan fingerprint density at radius 1 is 1.10 bits per heavy atom. The third-order valence-corrected chi connectivity index (χ3v) is 3.47. The molecular weight excluding hydrogens is 311 g/mol. The molecule has 0 saturated carbocycles. The Balaban J connectivity index is 1.91. The van der Waals surface area contributed by atoms with Crippen LogP contribution in [-0.2, 0) is 0 Å². The number of hydrogen-bond donors (Lipinski definition) is 1. The van der Waals surface area contributed by atoms with Crippen LogP contribution >= 0.6 is 23.2 Å². The normalized spacial score (nSPS) is 12.3. The number of hydrogen-bond acceptors (Lipinski definition) is 5. The number of benzene rings is 1. The number of halogens is 2. The van der Waals surface area contributed by atoms with Crippen LogP contribution in [0.2, 0.25) is 10.0 Å². The lowest BCUT2D eigenvalue weighted by Crippen LogP contribution is -2.12. The molecule has 0 amide bonds. The van der Waals surface area contributed by atoms with E-state index in [2.05, 4.69) is 15.1 Å². The van der Waals surface area contributed by atoms with Gasteiger partial charge in [0.15, 0.2) is 0 Å². The maximum Gasteiger partial charge on any atom is 0.248 e. The fourth-order valence-corrected chi connectivity index (χ4v) is 2.20. The Bertz CT molecular complexity index is 758. The summed E-state index contributed by atoms with van der Waals surface area (Å²) in [5.74, 6) is 0.624. The lowest BCUT2D eigenvalue weighted by molar-refractivity contribution is 0.367. The van der Waals surface area contributed by atoms with Crippen LogP contribution in [0.3, 0.4) is 0 Å². The maximum absolute atomic E-state index is 6.11. The predicted molar refractivity (Wildman–Crippen MR) is 80.0 cm³/mol. The topological polar surface area (TPSA) is 77.8 Å². The van der Waals surface area contributed by atoms with E-state index in [1.807, 2.05) is 18.2 Å². The number of aromatic nitrogens is 3. The van der Waals surface area contributed by atoms with Gasteiger partial charge in [0.05, 0.1) is 5.02 Å². The van der Waals surface area contributed by atoms with E-state index < -0.39 is 6.04 Å². The zero-order chi connectivity index (χ0) is 14.8. The van der Waals surface area contributed by atoms with Crippen LogP contribution in [0.4, 0.5) is 0 Å². The Morgan fingerprint density at radius 3 is 2.62 bits per heavy atom. The van der Waals surface area contributed by atoms with Gasteiger partial charge in [0.25, 0.3) is 0 Å². The highest BCUT2D eigenvalue weighted by Crippen LogP contribution is 2.26. The summed E-state index contributed by atoms with van der Waals surface area (Å²) < 4.78 is 5.20. The van der Waals surface area contributed by atoms with Gasteiger partial charge in [-0.25, -0.2) is 0 Å². The first-order valence-electron chi connectivity index (χ1n) is 6.10. The molecule has 3 aromatic rings. The van der Waals surface area contributed by atoms with E-state index in [1.54, 1.807) is 18.2 Å². The van der Waals surface area contributed by atoms with Crippen LogP contribution in [0.25, 0.3) is 11.5 Å². The molecule has 0 unspecified atom stereocenters. The second-order valence-corrected chi connectivity index (χ2v) is 5.16. The van der Waals surface area contributed by atoms with Crippen molar-refractivity contribution in [2.75, 3.05) is 0 Å². The summed E-state index contributed by atoms with van der Waals surface area (Å²) in [6.45, 7) is 0. The molecule has 21 heavy (non-hydrogen) atoms. The van der Waals surface area contributed by atoms with Crippen molar-refractivity contribution < 1.29 is 4.52 Å². The third-order valence-electron chi connectivity index (χ3n) is 2.90. The van der Waals surface area contributed by atoms with Gasteiger partial charge in [0.1, 0.15) is 11.7 Å². The van der Waals surface area contributed by atoms with Gasteiger partial charge in [-0.3, -0.25) is 4.98 Å². The van der Waals surface area contributed by atoms with Gasteiger partial charge >= 0.3 is 0 Å². The van der Waals surface area contributed by atoms with Crippen molar-refractivity contribution in [2.24, 2.45) is 5.73 Å². The van der Waals surface area contributed by atoms with E-state index in [4.69, 9.17) is 33.5 Å². The maximum atomic E-state index is 6.11. The molecule has 0 bridgehead atoms. The van der Waals surface area contributed by atoms with Crippen LogP contribution in [0.15, 0.2) is 47.1 Å². The average Bonchev–Trinajstić information content (AvgIpc) is 2.98. The van der Waals surface area contributed by atoms with Crippen molar-refractivity contribution in [1.29, 1.82) is 0 Å². The van der Waals surface area contributed by atoms with Gasteiger partial charge < -0.3 is 10.3 Å². The zero-order valence-electron chi connectivity index (χ0n) is 10.7. The third kappa shape index (κ3) is 2.90. The Hall–Kier alpha value is -1.95. The Labute approximate surface area is 130 Å². The molecular formula is C14H10Cl2N4O. The summed E-state index contributed by atoms with van der Waals surface area (Å²) in [6, 6.07) is 10.1. The standard InChI is InChI=1S/C14H10Cl2N4O/c15-8-5-6-11(18-7-8)13-19-14(21-20-13)12(17)9-3-1-2-4-10(9)16/h1-7,12H,17H2/t12-/m1/s1. The molecule has 2 N–H and O–H groups in total. The summed E-state index contributed by atoms with van der Waals surface area (Å²) in [5.41, 5.74) is 7.39. The number of pyridine rings is 1. The Morgan fingerprint density at radius 2 is 1.90 bits per heavy atom. The minimum absolute atomic E-state index is 0.273. The second-order valence-electron chi connectivity index (χ2n) is 4.32.